The predicted octanol–water partition coefficient (Wildman–Crippen LogP) is 2.51. The van der Waals surface area contributed by atoms with Crippen molar-refractivity contribution in [2.24, 2.45) is 0 Å². The highest BCUT2D eigenvalue weighted by Crippen LogP contribution is 2.24. The van der Waals surface area contributed by atoms with Crippen LogP contribution < -0.4 is 5.32 Å². The monoisotopic (exact) mass is 403 g/mol. The number of hydrogen-bond donors (Lipinski definition) is 1. The molecule has 1 aliphatic rings. The van der Waals surface area contributed by atoms with Crippen LogP contribution in [0.3, 0.4) is 0 Å². The Morgan fingerprint density at radius 3 is 2.56 bits per heavy atom. The van der Waals surface area contributed by atoms with Crippen molar-refractivity contribution in [3.63, 3.8) is 0 Å². The molecule has 1 heterocycles. The number of hydrogen-bond acceptors (Lipinski definition) is 4. The SMILES string of the molecule is CCNC(=O)CN1CCN(C(=O)CSCc2ccc(Cl)cc2Cl)CC1. The third-order valence-electron chi connectivity index (χ3n) is 3.96. The van der Waals surface area contributed by atoms with Crippen molar-refractivity contribution >= 4 is 46.8 Å². The number of rotatable bonds is 7. The lowest BCUT2D eigenvalue weighted by Gasteiger charge is -2.34. The fourth-order valence-electron chi connectivity index (χ4n) is 2.59. The molecule has 0 aromatic heterocycles. The van der Waals surface area contributed by atoms with Gasteiger partial charge in [-0.3, -0.25) is 14.5 Å². The molecule has 0 bridgehead atoms. The van der Waals surface area contributed by atoms with E-state index in [9.17, 15) is 9.59 Å². The first-order valence-corrected chi connectivity index (χ1v) is 10.2. The van der Waals surface area contributed by atoms with Gasteiger partial charge in [-0.05, 0) is 24.6 Å². The van der Waals surface area contributed by atoms with Crippen LogP contribution >= 0.6 is 35.0 Å². The van der Waals surface area contributed by atoms with Gasteiger partial charge in [0.15, 0.2) is 0 Å². The summed E-state index contributed by atoms with van der Waals surface area (Å²) in [5, 5.41) is 4.04. The van der Waals surface area contributed by atoms with Gasteiger partial charge in [0.2, 0.25) is 11.8 Å². The molecule has 0 radical (unpaired) electrons. The van der Waals surface area contributed by atoms with Gasteiger partial charge in [-0.25, -0.2) is 0 Å². The number of nitrogens with one attached hydrogen (secondary N) is 1. The molecule has 2 amide bonds. The highest BCUT2D eigenvalue weighted by molar-refractivity contribution is 7.99. The number of thioether (sulfide) groups is 1. The van der Waals surface area contributed by atoms with Crippen LogP contribution in [-0.2, 0) is 15.3 Å². The Labute approximate surface area is 163 Å². The minimum absolute atomic E-state index is 0.0395. The Morgan fingerprint density at radius 2 is 1.92 bits per heavy atom. The van der Waals surface area contributed by atoms with Crippen LogP contribution in [0.5, 0.6) is 0 Å². The molecule has 1 aliphatic heterocycles. The number of benzene rings is 1. The van der Waals surface area contributed by atoms with Gasteiger partial charge < -0.3 is 10.2 Å². The zero-order valence-electron chi connectivity index (χ0n) is 14.3. The topological polar surface area (TPSA) is 52.7 Å². The summed E-state index contributed by atoms with van der Waals surface area (Å²) >= 11 is 13.6. The molecular formula is C17H23Cl2N3O2S. The molecule has 25 heavy (non-hydrogen) atoms. The molecule has 2 rings (SSSR count). The average Bonchev–Trinajstić information content (AvgIpc) is 2.57. The quantitative estimate of drug-likeness (QED) is 0.759. The van der Waals surface area contributed by atoms with Crippen molar-refractivity contribution in [3.8, 4) is 0 Å². The minimum atomic E-state index is 0.0395. The van der Waals surface area contributed by atoms with Gasteiger partial charge in [-0.2, -0.15) is 0 Å². The summed E-state index contributed by atoms with van der Waals surface area (Å²) in [5.41, 5.74) is 0.982. The summed E-state index contributed by atoms with van der Waals surface area (Å²) < 4.78 is 0. The molecule has 1 saturated heterocycles. The Kier molecular flexibility index (Phi) is 8.36. The number of halogens is 2. The zero-order valence-corrected chi connectivity index (χ0v) is 16.6. The number of amides is 2. The van der Waals surface area contributed by atoms with Gasteiger partial charge in [0.05, 0.1) is 12.3 Å². The second-order valence-electron chi connectivity index (χ2n) is 5.84. The first-order valence-electron chi connectivity index (χ1n) is 8.28. The van der Waals surface area contributed by atoms with E-state index in [1.165, 1.54) is 0 Å². The number of piperazine rings is 1. The summed E-state index contributed by atoms with van der Waals surface area (Å²) in [6.45, 7) is 5.75. The minimum Gasteiger partial charge on any atom is -0.355 e. The molecule has 8 heteroatoms. The highest BCUT2D eigenvalue weighted by Gasteiger charge is 2.22. The summed E-state index contributed by atoms with van der Waals surface area (Å²) in [6, 6.07) is 5.41. The second kappa shape index (κ2) is 10.3. The molecule has 0 spiro atoms. The van der Waals surface area contributed by atoms with E-state index in [-0.39, 0.29) is 11.8 Å². The van der Waals surface area contributed by atoms with E-state index in [0.717, 1.165) is 18.7 Å². The third-order valence-corrected chi connectivity index (χ3v) is 5.52. The number of carbonyl (C=O) groups excluding carboxylic acids is 2. The molecule has 0 unspecified atom stereocenters. The maximum absolute atomic E-state index is 12.3. The summed E-state index contributed by atoms with van der Waals surface area (Å²) in [4.78, 5) is 27.9. The molecule has 1 fully saturated rings. The molecule has 1 N–H and O–H groups in total. The van der Waals surface area contributed by atoms with E-state index >= 15 is 0 Å². The normalized spacial score (nSPS) is 15.2. The van der Waals surface area contributed by atoms with E-state index in [2.05, 4.69) is 10.2 Å². The van der Waals surface area contributed by atoms with Crippen LogP contribution in [0.1, 0.15) is 12.5 Å². The Bertz CT molecular complexity index is 608. The van der Waals surface area contributed by atoms with Crippen molar-refractivity contribution < 1.29 is 9.59 Å². The van der Waals surface area contributed by atoms with E-state index < -0.39 is 0 Å². The van der Waals surface area contributed by atoms with E-state index in [1.807, 2.05) is 17.9 Å². The molecule has 0 aliphatic carbocycles. The van der Waals surface area contributed by atoms with Crippen LogP contribution in [0.4, 0.5) is 0 Å². The molecule has 0 atom stereocenters. The summed E-state index contributed by atoms with van der Waals surface area (Å²) in [7, 11) is 0. The fraction of sp³-hybridized carbons (Fsp3) is 0.529. The van der Waals surface area contributed by atoms with Crippen molar-refractivity contribution in [1.82, 2.24) is 15.1 Å². The van der Waals surface area contributed by atoms with Gasteiger partial charge in [-0.1, -0.05) is 29.3 Å². The van der Waals surface area contributed by atoms with Crippen LogP contribution in [0, 0.1) is 0 Å². The van der Waals surface area contributed by atoms with E-state index in [4.69, 9.17) is 23.2 Å². The fourth-order valence-corrected chi connectivity index (χ4v) is 4.08. The van der Waals surface area contributed by atoms with Gasteiger partial charge in [0, 0.05) is 48.5 Å². The van der Waals surface area contributed by atoms with Gasteiger partial charge >= 0.3 is 0 Å². The average molecular weight is 404 g/mol. The smallest absolute Gasteiger partial charge is 0.234 e. The largest absolute Gasteiger partial charge is 0.355 e. The summed E-state index contributed by atoms with van der Waals surface area (Å²) in [5.74, 6) is 1.28. The number of likely N-dealkylation sites (N-methyl/N-ethyl adjacent to an activating group) is 1. The highest BCUT2D eigenvalue weighted by atomic mass is 35.5. The Morgan fingerprint density at radius 1 is 1.20 bits per heavy atom. The van der Waals surface area contributed by atoms with Gasteiger partial charge in [0.1, 0.15) is 0 Å². The van der Waals surface area contributed by atoms with Crippen molar-refractivity contribution in [2.45, 2.75) is 12.7 Å². The van der Waals surface area contributed by atoms with Crippen LogP contribution in [0.2, 0.25) is 10.0 Å². The maximum atomic E-state index is 12.3. The van der Waals surface area contributed by atoms with Crippen LogP contribution in [0.25, 0.3) is 0 Å². The predicted molar refractivity (Wildman–Crippen MR) is 104 cm³/mol. The van der Waals surface area contributed by atoms with Crippen LogP contribution in [0.15, 0.2) is 18.2 Å². The van der Waals surface area contributed by atoms with Crippen LogP contribution in [-0.4, -0.2) is 66.6 Å². The lowest BCUT2D eigenvalue weighted by atomic mass is 10.2. The van der Waals surface area contributed by atoms with E-state index in [1.54, 1.807) is 23.9 Å². The van der Waals surface area contributed by atoms with Gasteiger partial charge in [0.25, 0.3) is 0 Å². The number of carbonyl (C=O) groups is 2. The second-order valence-corrected chi connectivity index (χ2v) is 7.67. The lowest BCUT2D eigenvalue weighted by Crippen LogP contribution is -2.51. The molecular weight excluding hydrogens is 381 g/mol. The Balaban J connectivity index is 1.69. The standard InChI is InChI=1S/C17H23Cl2N3O2S/c1-2-20-16(23)10-21-5-7-22(8-6-21)17(24)12-25-11-13-3-4-14(18)9-15(13)19/h3-4,9H,2,5-8,10-12H2,1H3,(H,20,23). The van der Waals surface area contributed by atoms with Crippen molar-refractivity contribution in [3.05, 3.63) is 33.8 Å². The summed E-state index contributed by atoms with van der Waals surface area (Å²) in [6.07, 6.45) is 0. The number of nitrogens with zero attached hydrogens (tertiary/aromatic N) is 2. The lowest BCUT2D eigenvalue weighted by molar-refractivity contribution is -0.130. The molecule has 1 aromatic rings. The maximum Gasteiger partial charge on any atom is 0.234 e. The van der Waals surface area contributed by atoms with E-state index in [0.29, 0.717) is 47.7 Å². The van der Waals surface area contributed by atoms with Crippen molar-refractivity contribution in [1.29, 1.82) is 0 Å². The molecule has 1 aromatic carbocycles. The van der Waals surface area contributed by atoms with Gasteiger partial charge in [-0.15, -0.1) is 11.8 Å². The molecule has 0 saturated carbocycles. The molecule has 138 valence electrons. The third kappa shape index (κ3) is 6.70. The first-order chi connectivity index (χ1) is 12.0. The molecule has 5 nitrogen and oxygen atoms in total. The Hall–Kier alpha value is -0.950. The van der Waals surface area contributed by atoms with Crippen molar-refractivity contribution in [2.75, 3.05) is 45.0 Å². The first kappa shape index (κ1) is 20.4. The zero-order chi connectivity index (χ0) is 18.2.